The summed E-state index contributed by atoms with van der Waals surface area (Å²) in [5.74, 6) is 0. The van der Waals surface area contributed by atoms with E-state index in [4.69, 9.17) is 14.4 Å². The number of nitriles is 1. The van der Waals surface area contributed by atoms with Crippen LogP contribution in [0, 0.1) is 11.3 Å². The molecular weight excluding hydrogens is 765 g/mol. The van der Waals surface area contributed by atoms with Gasteiger partial charge < -0.3 is 8.98 Å². The van der Waals surface area contributed by atoms with Crippen molar-refractivity contribution in [2.75, 3.05) is 0 Å². The van der Waals surface area contributed by atoms with Gasteiger partial charge in [0.25, 0.3) is 0 Å². The van der Waals surface area contributed by atoms with Gasteiger partial charge >= 0.3 is 0 Å². The molecule has 0 aliphatic carbocycles. The second-order valence-corrected chi connectivity index (χ2v) is 16.7. The van der Waals surface area contributed by atoms with Crippen LogP contribution in [0.25, 0.3) is 125 Å². The molecule has 5 nitrogen and oxygen atoms in total. The molecule has 0 aliphatic heterocycles. The summed E-state index contributed by atoms with van der Waals surface area (Å²) in [6, 6.07) is 66.1. The van der Waals surface area contributed by atoms with Crippen LogP contribution in [0.4, 0.5) is 0 Å². The number of aromatic nitrogens is 3. The Morgan fingerprint density at radius 2 is 1.18 bits per heavy atom. The van der Waals surface area contributed by atoms with Crippen molar-refractivity contribution in [1.29, 1.82) is 5.26 Å². The fourth-order valence-electron chi connectivity index (χ4n) is 9.33. The minimum atomic E-state index is 0.544. The van der Waals surface area contributed by atoms with Crippen LogP contribution in [-0.2, 0) is 0 Å². The van der Waals surface area contributed by atoms with Gasteiger partial charge in [0, 0.05) is 53.8 Å². The molecule has 0 unspecified atom stereocenters. The van der Waals surface area contributed by atoms with Crippen LogP contribution in [0.5, 0.6) is 0 Å². The molecule has 0 bridgehead atoms. The van der Waals surface area contributed by atoms with E-state index >= 15 is 0 Å². The smallest absolute Gasteiger partial charge is 0.143 e. The molecular formula is C55H30N4OS. The molecule has 0 fully saturated rings. The maximum Gasteiger partial charge on any atom is 0.143 e. The monoisotopic (exact) mass is 794 g/mol. The standard InChI is InChI=1S/C55H30N4OS/c56-31-32-24-39(26-40(25-32)59-47-29-36-14-5-4-13-35(36)27-45(47)44-22-18-33-10-6-7-15-41(33)54(44)59)52-51(34-11-2-1-3-12-34)58-55-53(57-52)46-28-37(20-23-50(46)61-55)38-19-21-43-42-16-8-9-17-48(42)60-49(43)30-38/h1-30H. The third-order valence-corrected chi connectivity index (χ3v) is 13.2. The summed E-state index contributed by atoms with van der Waals surface area (Å²) in [7, 11) is 0. The van der Waals surface area contributed by atoms with Crippen LogP contribution in [0.1, 0.15) is 5.56 Å². The first-order valence-corrected chi connectivity index (χ1v) is 21.1. The van der Waals surface area contributed by atoms with Gasteiger partial charge in [-0.05, 0) is 87.9 Å². The summed E-state index contributed by atoms with van der Waals surface area (Å²) in [5.41, 5.74) is 11.6. The van der Waals surface area contributed by atoms with E-state index in [0.717, 1.165) is 120 Å². The minimum absolute atomic E-state index is 0.544. The van der Waals surface area contributed by atoms with Gasteiger partial charge in [0.2, 0.25) is 0 Å². The highest BCUT2D eigenvalue weighted by molar-refractivity contribution is 7.25. The Balaban J connectivity index is 1.06. The molecule has 0 aliphatic rings. The van der Waals surface area contributed by atoms with Crippen molar-refractivity contribution in [3.8, 4) is 45.4 Å². The van der Waals surface area contributed by atoms with Crippen molar-refractivity contribution in [3.05, 3.63) is 188 Å². The Bertz CT molecular complexity index is 4020. The third kappa shape index (κ3) is 5.18. The Morgan fingerprint density at radius 1 is 0.475 bits per heavy atom. The first-order valence-electron chi connectivity index (χ1n) is 20.3. The molecule has 4 heterocycles. The zero-order chi connectivity index (χ0) is 40.2. The van der Waals surface area contributed by atoms with Crippen molar-refractivity contribution in [2.45, 2.75) is 0 Å². The van der Waals surface area contributed by atoms with E-state index in [0.29, 0.717) is 5.56 Å². The van der Waals surface area contributed by atoms with Gasteiger partial charge in [0.15, 0.2) is 0 Å². The van der Waals surface area contributed by atoms with Gasteiger partial charge in [-0.15, -0.1) is 11.3 Å². The lowest BCUT2D eigenvalue weighted by atomic mass is 10.0. The van der Waals surface area contributed by atoms with Crippen LogP contribution in [0.2, 0.25) is 0 Å². The van der Waals surface area contributed by atoms with Crippen LogP contribution >= 0.6 is 11.3 Å². The van der Waals surface area contributed by atoms with Crippen molar-refractivity contribution < 1.29 is 4.42 Å². The maximum atomic E-state index is 10.7. The van der Waals surface area contributed by atoms with Crippen LogP contribution in [0.3, 0.4) is 0 Å². The number of rotatable bonds is 4. The molecule has 0 saturated heterocycles. The Kier molecular flexibility index (Phi) is 7.18. The van der Waals surface area contributed by atoms with Crippen LogP contribution < -0.4 is 0 Å². The molecule has 0 atom stereocenters. The van der Waals surface area contributed by atoms with Gasteiger partial charge in [0.1, 0.15) is 21.5 Å². The second-order valence-electron chi connectivity index (χ2n) is 15.7. The molecule has 0 spiro atoms. The Morgan fingerprint density at radius 3 is 2.05 bits per heavy atom. The molecule has 13 aromatic rings. The van der Waals surface area contributed by atoms with Gasteiger partial charge in [-0.2, -0.15) is 5.26 Å². The third-order valence-electron chi connectivity index (χ3n) is 12.2. The number of nitrogens with zero attached hydrogens (tertiary/aromatic N) is 4. The van der Waals surface area contributed by atoms with Gasteiger partial charge in [0.05, 0.1) is 34.1 Å². The van der Waals surface area contributed by atoms with E-state index < -0.39 is 0 Å². The average molecular weight is 795 g/mol. The van der Waals surface area contributed by atoms with E-state index in [1.807, 2.05) is 48.5 Å². The summed E-state index contributed by atoms with van der Waals surface area (Å²) in [6.07, 6.45) is 0. The lowest BCUT2D eigenvalue weighted by Crippen LogP contribution is -1.99. The number of para-hydroxylation sites is 1. The zero-order valence-corrected chi connectivity index (χ0v) is 33.2. The number of hydrogen-bond donors (Lipinski definition) is 0. The molecule has 9 aromatic carbocycles. The molecule has 6 heteroatoms. The summed E-state index contributed by atoms with van der Waals surface area (Å²) in [4.78, 5) is 11.8. The summed E-state index contributed by atoms with van der Waals surface area (Å²) >= 11 is 1.65. The highest BCUT2D eigenvalue weighted by atomic mass is 32.1. The topological polar surface area (TPSA) is 67.6 Å². The van der Waals surface area contributed by atoms with Gasteiger partial charge in [-0.25, -0.2) is 9.97 Å². The van der Waals surface area contributed by atoms with E-state index in [1.165, 1.54) is 5.39 Å². The van der Waals surface area contributed by atoms with Gasteiger partial charge in [-0.1, -0.05) is 121 Å². The number of fused-ring (bicyclic) bond motifs is 12. The van der Waals surface area contributed by atoms with Crippen LogP contribution in [-0.4, -0.2) is 14.5 Å². The van der Waals surface area contributed by atoms with Crippen LogP contribution in [0.15, 0.2) is 186 Å². The molecule has 0 saturated carbocycles. The SMILES string of the molecule is N#Cc1cc(-c2nc3c(nc2-c2ccccc2)sc2ccc(-c4ccc5c(c4)oc4ccccc45)cc23)cc(-n2c3cc4ccccc4cc3c3ccc4ccccc4c32)c1. The summed E-state index contributed by atoms with van der Waals surface area (Å²) in [6.45, 7) is 0. The Labute approximate surface area is 352 Å². The molecule has 61 heavy (non-hydrogen) atoms. The van der Waals surface area contributed by atoms with Crippen molar-refractivity contribution in [3.63, 3.8) is 0 Å². The lowest BCUT2D eigenvalue weighted by molar-refractivity contribution is 0.669. The lowest BCUT2D eigenvalue weighted by Gasteiger charge is -2.14. The van der Waals surface area contributed by atoms with Crippen molar-refractivity contribution >= 4 is 97.1 Å². The normalized spacial score (nSPS) is 11.9. The molecule has 4 aromatic heterocycles. The average Bonchev–Trinajstić information content (AvgIpc) is 3.99. The first-order chi connectivity index (χ1) is 30.1. The number of thiophene rings is 1. The predicted octanol–water partition coefficient (Wildman–Crippen LogP) is 15.0. The van der Waals surface area contributed by atoms with Crippen molar-refractivity contribution in [2.24, 2.45) is 0 Å². The molecule has 282 valence electrons. The molecule has 0 N–H and O–H groups in total. The molecule has 13 rings (SSSR count). The number of furan rings is 1. The van der Waals surface area contributed by atoms with Gasteiger partial charge in [-0.3, -0.25) is 0 Å². The van der Waals surface area contributed by atoms with Crippen molar-refractivity contribution in [1.82, 2.24) is 14.5 Å². The van der Waals surface area contributed by atoms with E-state index in [2.05, 4.69) is 144 Å². The quantitative estimate of drug-likeness (QED) is 0.178. The fourth-order valence-corrected chi connectivity index (χ4v) is 10.3. The largest absolute Gasteiger partial charge is 0.456 e. The zero-order valence-electron chi connectivity index (χ0n) is 32.4. The minimum Gasteiger partial charge on any atom is -0.456 e. The first kappa shape index (κ1) is 33.8. The number of hydrogen-bond acceptors (Lipinski definition) is 5. The highest BCUT2D eigenvalue weighted by Crippen LogP contribution is 2.43. The fraction of sp³-hybridized carbons (Fsp3) is 0. The second kappa shape index (κ2) is 12.9. The highest BCUT2D eigenvalue weighted by Gasteiger charge is 2.21. The maximum absolute atomic E-state index is 10.7. The van der Waals surface area contributed by atoms with E-state index in [9.17, 15) is 5.26 Å². The van der Waals surface area contributed by atoms with E-state index in [1.54, 1.807) is 11.3 Å². The predicted molar refractivity (Wildman–Crippen MR) is 253 cm³/mol. The summed E-state index contributed by atoms with van der Waals surface area (Å²) in [5, 5.41) is 20.9. The molecule has 0 radical (unpaired) electrons. The number of benzene rings is 9. The summed E-state index contributed by atoms with van der Waals surface area (Å²) < 4.78 is 9.72. The Hall–Kier alpha value is -8.11. The molecule has 0 amide bonds. The van der Waals surface area contributed by atoms with E-state index in [-0.39, 0.29) is 0 Å².